The van der Waals surface area contributed by atoms with Gasteiger partial charge in [-0.05, 0) is 12.5 Å². The van der Waals surface area contributed by atoms with E-state index in [9.17, 15) is 0 Å². The highest BCUT2D eigenvalue weighted by Crippen LogP contribution is 2.42. The summed E-state index contributed by atoms with van der Waals surface area (Å²) in [7, 11) is 0. The highest BCUT2D eigenvalue weighted by atomic mass is 35.6. The van der Waals surface area contributed by atoms with Crippen LogP contribution in [-0.2, 0) is 3.79 Å². The van der Waals surface area contributed by atoms with Gasteiger partial charge in [-0.15, -0.1) is 0 Å². The molecule has 0 aliphatic rings. The minimum Gasteiger partial charge on any atom is -0.493 e. The third-order valence-electron chi connectivity index (χ3n) is 1.65. The molecule has 0 bridgehead atoms. The number of alkyl halides is 3. The van der Waals surface area contributed by atoms with Crippen LogP contribution in [0.15, 0.2) is 24.3 Å². The van der Waals surface area contributed by atoms with Gasteiger partial charge in [-0.1, -0.05) is 59.9 Å². The first-order valence-corrected chi connectivity index (χ1v) is 5.48. The molecule has 14 heavy (non-hydrogen) atoms. The predicted octanol–water partition coefficient (Wildman–Crippen LogP) is 4.30. The third kappa shape index (κ3) is 3.23. The molecule has 0 saturated heterocycles. The highest BCUT2D eigenvalue weighted by molar-refractivity contribution is 6.66. The number of hydrogen-bond donors (Lipinski definition) is 0. The quantitative estimate of drug-likeness (QED) is 0.730. The Labute approximate surface area is 98.9 Å². The minimum atomic E-state index is -1.43. The van der Waals surface area contributed by atoms with E-state index in [1.54, 1.807) is 12.1 Å². The van der Waals surface area contributed by atoms with Crippen LogP contribution in [0.25, 0.3) is 0 Å². The van der Waals surface area contributed by atoms with Crippen LogP contribution in [0.5, 0.6) is 5.75 Å². The Balaban J connectivity index is 2.92. The Bertz CT molecular complexity index is 294. The minimum absolute atomic E-state index is 0.582. The molecule has 0 aliphatic carbocycles. The topological polar surface area (TPSA) is 9.23 Å². The van der Waals surface area contributed by atoms with Crippen molar-refractivity contribution in [1.29, 1.82) is 0 Å². The normalized spacial score (nSPS) is 11.4. The van der Waals surface area contributed by atoms with Crippen molar-refractivity contribution in [2.75, 3.05) is 6.61 Å². The predicted molar refractivity (Wildman–Crippen MR) is 61.5 cm³/mol. The van der Waals surface area contributed by atoms with Crippen molar-refractivity contribution < 1.29 is 4.74 Å². The summed E-state index contributed by atoms with van der Waals surface area (Å²) in [4.78, 5) is 0. The van der Waals surface area contributed by atoms with Crippen molar-refractivity contribution in [1.82, 2.24) is 0 Å². The van der Waals surface area contributed by atoms with Crippen molar-refractivity contribution in [2.45, 2.75) is 17.1 Å². The molecule has 4 heteroatoms. The molecular weight excluding hydrogens is 242 g/mol. The van der Waals surface area contributed by atoms with E-state index < -0.39 is 3.79 Å². The molecule has 0 radical (unpaired) electrons. The molecule has 78 valence electrons. The molecule has 1 aromatic carbocycles. The second-order valence-electron chi connectivity index (χ2n) is 2.84. The molecule has 0 amide bonds. The van der Waals surface area contributed by atoms with E-state index in [1.807, 2.05) is 19.1 Å². The fourth-order valence-corrected chi connectivity index (χ4v) is 1.51. The molecule has 0 saturated carbocycles. The summed E-state index contributed by atoms with van der Waals surface area (Å²) >= 11 is 17.4. The largest absolute Gasteiger partial charge is 0.493 e. The second-order valence-corrected chi connectivity index (χ2v) is 5.12. The summed E-state index contributed by atoms with van der Waals surface area (Å²) in [6.45, 7) is 2.65. The fourth-order valence-electron chi connectivity index (χ4n) is 1.04. The van der Waals surface area contributed by atoms with Crippen molar-refractivity contribution in [3.63, 3.8) is 0 Å². The number of para-hydroxylation sites is 1. The Morgan fingerprint density at radius 1 is 1.21 bits per heavy atom. The van der Waals surface area contributed by atoms with E-state index in [1.165, 1.54) is 0 Å². The average Bonchev–Trinajstić information content (AvgIpc) is 2.14. The van der Waals surface area contributed by atoms with Crippen molar-refractivity contribution in [2.24, 2.45) is 0 Å². The molecule has 1 nitrogen and oxygen atoms in total. The van der Waals surface area contributed by atoms with Gasteiger partial charge in [0.25, 0.3) is 0 Å². The van der Waals surface area contributed by atoms with E-state index in [2.05, 4.69) is 0 Å². The van der Waals surface area contributed by atoms with E-state index in [0.717, 1.165) is 6.42 Å². The Kier molecular flexibility index (Phi) is 4.36. The molecule has 0 atom stereocenters. The zero-order valence-corrected chi connectivity index (χ0v) is 10.0. The van der Waals surface area contributed by atoms with E-state index in [4.69, 9.17) is 39.5 Å². The second kappa shape index (κ2) is 5.11. The van der Waals surface area contributed by atoms with Crippen LogP contribution in [0.2, 0.25) is 0 Å². The first kappa shape index (κ1) is 12.0. The van der Waals surface area contributed by atoms with Gasteiger partial charge in [-0.25, -0.2) is 0 Å². The van der Waals surface area contributed by atoms with E-state index in [0.29, 0.717) is 17.9 Å². The van der Waals surface area contributed by atoms with Crippen LogP contribution in [0, 0.1) is 0 Å². The van der Waals surface area contributed by atoms with Crippen LogP contribution in [0.4, 0.5) is 0 Å². The van der Waals surface area contributed by atoms with Crippen LogP contribution in [0.1, 0.15) is 18.9 Å². The molecule has 1 aromatic rings. The number of benzene rings is 1. The zero-order valence-electron chi connectivity index (χ0n) is 7.77. The van der Waals surface area contributed by atoms with Gasteiger partial charge < -0.3 is 4.74 Å². The molecule has 1 rings (SSSR count). The molecule has 0 aliphatic heterocycles. The highest BCUT2D eigenvalue weighted by Gasteiger charge is 2.26. The Morgan fingerprint density at radius 2 is 1.86 bits per heavy atom. The lowest BCUT2D eigenvalue weighted by Gasteiger charge is -2.16. The molecule has 0 heterocycles. The summed E-state index contributed by atoms with van der Waals surface area (Å²) in [5.74, 6) is 0.634. The Morgan fingerprint density at radius 3 is 2.43 bits per heavy atom. The summed E-state index contributed by atoms with van der Waals surface area (Å²) in [6, 6.07) is 7.21. The zero-order chi connectivity index (χ0) is 10.6. The van der Waals surface area contributed by atoms with Gasteiger partial charge in [0, 0.05) is 5.56 Å². The lowest BCUT2D eigenvalue weighted by Crippen LogP contribution is -2.05. The van der Waals surface area contributed by atoms with Crippen LogP contribution < -0.4 is 4.74 Å². The standard InChI is InChI=1S/C10H11Cl3O/c1-2-7-14-9-6-4-3-5-8(9)10(11,12)13/h3-6H,2,7H2,1H3. The summed E-state index contributed by atoms with van der Waals surface area (Å²) < 4.78 is 4.03. The summed E-state index contributed by atoms with van der Waals surface area (Å²) in [5.41, 5.74) is 0.582. The molecule has 0 fully saturated rings. The van der Waals surface area contributed by atoms with Gasteiger partial charge in [0.15, 0.2) is 0 Å². The maximum atomic E-state index is 5.79. The SMILES string of the molecule is CCCOc1ccccc1C(Cl)(Cl)Cl. The van der Waals surface area contributed by atoms with E-state index >= 15 is 0 Å². The number of halogens is 3. The maximum Gasteiger partial charge on any atom is 0.219 e. The van der Waals surface area contributed by atoms with Gasteiger partial charge in [0.2, 0.25) is 3.79 Å². The molecule has 0 aromatic heterocycles. The van der Waals surface area contributed by atoms with E-state index in [-0.39, 0.29) is 0 Å². The first-order chi connectivity index (χ1) is 6.55. The monoisotopic (exact) mass is 252 g/mol. The third-order valence-corrected chi connectivity index (χ3v) is 2.26. The lowest BCUT2D eigenvalue weighted by molar-refractivity contribution is 0.314. The number of ether oxygens (including phenoxy) is 1. The lowest BCUT2D eigenvalue weighted by atomic mass is 10.2. The van der Waals surface area contributed by atoms with Crippen LogP contribution >= 0.6 is 34.8 Å². The van der Waals surface area contributed by atoms with Gasteiger partial charge in [-0.3, -0.25) is 0 Å². The van der Waals surface area contributed by atoms with Gasteiger partial charge >= 0.3 is 0 Å². The van der Waals surface area contributed by atoms with Crippen molar-refractivity contribution >= 4 is 34.8 Å². The van der Waals surface area contributed by atoms with Gasteiger partial charge in [0.1, 0.15) is 5.75 Å². The van der Waals surface area contributed by atoms with Crippen molar-refractivity contribution in [3.8, 4) is 5.75 Å². The molecular formula is C10H11Cl3O. The molecule has 0 N–H and O–H groups in total. The summed E-state index contributed by atoms with van der Waals surface area (Å²) in [6.07, 6.45) is 0.925. The Hall–Kier alpha value is -0.110. The van der Waals surface area contributed by atoms with Crippen LogP contribution in [-0.4, -0.2) is 6.61 Å². The fraction of sp³-hybridized carbons (Fsp3) is 0.400. The van der Waals surface area contributed by atoms with Crippen LogP contribution in [0.3, 0.4) is 0 Å². The number of hydrogen-bond acceptors (Lipinski definition) is 1. The first-order valence-electron chi connectivity index (χ1n) is 4.34. The average molecular weight is 254 g/mol. The smallest absolute Gasteiger partial charge is 0.219 e. The maximum absolute atomic E-state index is 5.79. The van der Waals surface area contributed by atoms with Gasteiger partial charge in [0.05, 0.1) is 6.61 Å². The number of rotatable bonds is 3. The van der Waals surface area contributed by atoms with Crippen molar-refractivity contribution in [3.05, 3.63) is 29.8 Å². The summed E-state index contributed by atoms with van der Waals surface area (Å²) in [5, 5.41) is 0. The molecule has 0 spiro atoms. The van der Waals surface area contributed by atoms with Gasteiger partial charge in [-0.2, -0.15) is 0 Å². The molecule has 0 unspecified atom stereocenters.